The zero-order valence-electron chi connectivity index (χ0n) is 8.47. The van der Waals surface area contributed by atoms with Crippen LogP contribution < -0.4 is 0 Å². The SMILES string of the molecule is CC(OC#N)c1cccc2ccccc12. The van der Waals surface area contributed by atoms with E-state index >= 15 is 0 Å². The molecule has 0 saturated heterocycles. The van der Waals surface area contributed by atoms with Crippen LogP contribution in [0.1, 0.15) is 18.6 Å². The summed E-state index contributed by atoms with van der Waals surface area (Å²) >= 11 is 0. The van der Waals surface area contributed by atoms with Crippen molar-refractivity contribution < 1.29 is 4.74 Å². The second-order valence-corrected chi connectivity index (χ2v) is 3.42. The van der Waals surface area contributed by atoms with Crippen molar-refractivity contribution in [3.8, 4) is 6.26 Å². The van der Waals surface area contributed by atoms with E-state index in [4.69, 9.17) is 10.00 Å². The van der Waals surface area contributed by atoms with Gasteiger partial charge >= 0.3 is 0 Å². The minimum absolute atomic E-state index is 0.193. The van der Waals surface area contributed by atoms with Crippen LogP contribution in [0.15, 0.2) is 42.5 Å². The molecule has 0 spiro atoms. The first-order valence-electron chi connectivity index (χ1n) is 4.85. The smallest absolute Gasteiger partial charge is 0.286 e. The fourth-order valence-electron chi connectivity index (χ4n) is 1.75. The first-order valence-corrected chi connectivity index (χ1v) is 4.85. The Bertz CT molecular complexity index is 508. The van der Waals surface area contributed by atoms with Gasteiger partial charge in [-0.25, -0.2) is 0 Å². The summed E-state index contributed by atoms with van der Waals surface area (Å²) in [6.45, 7) is 1.88. The molecule has 0 aliphatic heterocycles. The molecule has 0 radical (unpaired) electrons. The van der Waals surface area contributed by atoms with E-state index in [9.17, 15) is 0 Å². The third kappa shape index (κ3) is 1.77. The first-order chi connectivity index (χ1) is 7.33. The van der Waals surface area contributed by atoms with Gasteiger partial charge in [0.05, 0.1) is 0 Å². The summed E-state index contributed by atoms with van der Waals surface area (Å²) < 4.78 is 4.94. The van der Waals surface area contributed by atoms with Gasteiger partial charge in [-0.05, 0) is 17.7 Å². The molecule has 0 bridgehead atoms. The van der Waals surface area contributed by atoms with E-state index in [1.54, 1.807) is 6.26 Å². The summed E-state index contributed by atoms with van der Waals surface area (Å²) in [6, 6.07) is 14.1. The van der Waals surface area contributed by atoms with Crippen molar-refractivity contribution in [2.75, 3.05) is 0 Å². The maximum absolute atomic E-state index is 8.50. The van der Waals surface area contributed by atoms with E-state index < -0.39 is 0 Å². The number of fused-ring (bicyclic) bond motifs is 1. The Morgan fingerprint density at radius 2 is 1.87 bits per heavy atom. The molecule has 0 heterocycles. The van der Waals surface area contributed by atoms with Gasteiger partial charge in [-0.2, -0.15) is 5.26 Å². The molecule has 0 amide bonds. The number of rotatable bonds is 2. The Morgan fingerprint density at radius 1 is 1.13 bits per heavy atom. The second kappa shape index (κ2) is 4.02. The normalized spacial score (nSPS) is 12.0. The Morgan fingerprint density at radius 3 is 2.67 bits per heavy atom. The van der Waals surface area contributed by atoms with E-state index in [0.717, 1.165) is 10.9 Å². The average molecular weight is 197 g/mol. The van der Waals surface area contributed by atoms with Gasteiger partial charge < -0.3 is 4.74 Å². The highest BCUT2D eigenvalue weighted by Gasteiger charge is 2.08. The molecule has 2 nitrogen and oxygen atoms in total. The van der Waals surface area contributed by atoms with E-state index in [1.807, 2.05) is 37.3 Å². The molecule has 0 fully saturated rings. The van der Waals surface area contributed by atoms with Crippen molar-refractivity contribution in [2.45, 2.75) is 13.0 Å². The zero-order chi connectivity index (χ0) is 10.7. The topological polar surface area (TPSA) is 33.0 Å². The van der Waals surface area contributed by atoms with E-state index in [0.29, 0.717) is 0 Å². The molecule has 1 unspecified atom stereocenters. The highest BCUT2D eigenvalue weighted by Crippen LogP contribution is 2.25. The average Bonchev–Trinajstić information content (AvgIpc) is 2.28. The summed E-state index contributed by atoms with van der Waals surface area (Å²) in [5.74, 6) is 0. The van der Waals surface area contributed by atoms with Gasteiger partial charge in [-0.15, -0.1) is 0 Å². The monoisotopic (exact) mass is 197 g/mol. The van der Waals surface area contributed by atoms with Crippen molar-refractivity contribution in [1.29, 1.82) is 5.26 Å². The quantitative estimate of drug-likeness (QED) is 0.691. The first kappa shape index (κ1) is 9.54. The van der Waals surface area contributed by atoms with E-state index in [2.05, 4.69) is 12.1 Å². The fourth-order valence-corrected chi connectivity index (χ4v) is 1.75. The number of hydrogen-bond donors (Lipinski definition) is 0. The molecule has 0 aliphatic carbocycles. The molecule has 2 rings (SSSR count). The molecule has 0 saturated carbocycles. The van der Waals surface area contributed by atoms with Crippen LogP contribution in [0.5, 0.6) is 0 Å². The van der Waals surface area contributed by atoms with Gasteiger partial charge in [-0.3, -0.25) is 0 Å². The van der Waals surface area contributed by atoms with Crippen molar-refractivity contribution >= 4 is 10.8 Å². The third-order valence-electron chi connectivity index (χ3n) is 2.49. The van der Waals surface area contributed by atoms with Crippen molar-refractivity contribution in [3.05, 3.63) is 48.0 Å². The standard InChI is InChI=1S/C13H11NO/c1-10(15-9-14)12-8-4-6-11-5-2-3-7-13(11)12/h2-8,10H,1H3. The lowest BCUT2D eigenvalue weighted by Crippen LogP contribution is -1.96. The number of nitriles is 1. The summed E-state index contributed by atoms with van der Waals surface area (Å²) in [5, 5.41) is 10.8. The Balaban J connectivity index is 2.56. The summed E-state index contributed by atoms with van der Waals surface area (Å²) in [7, 11) is 0. The summed E-state index contributed by atoms with van der Waals surface area (Å²) in [4.78, 5) is 0. The molecule has 2 aromatic rings. The maximum atomic E-state index is 8.50. The molecular formula is C13H11NO. The lowest BCUT2D eigenvalue weighted by molar-refractivity contribution is 0.184. The van der Waals surface area contributed by atoms with Gasteiger partial charge in [0.2, 0.25) is 0 Å². The van der Waals surface area contributed by atoms with Gasteiger partial charge in [0.25, 0.3) is 6.26 Å². The van der Waals surface area contributed by atoms with Crippen LogP contribution in [0.25, 0.3) is 10.8 Å². The van der Waals surface area contributed by atoms with Crippen LogP contribution in [-0.2, 0) is 4.74 Å². The maximum Gasteiger partial charge on any atom is 0.286 e. The highest BCUT2D eigenvalue weighted by atomic mass is 16.5. The Kier molecular flexibility index (Phi) is 2.55. The van der Waals surface area contributed by atoms with Gasteiger partial charge in [0.15, 0.2) is 0 Å². The van der Waals surface area contributed by atoms with Gasteiger partial charge in [0, 0.05) is 5.56 Å². The molecule has 1 atom stereocenters. The third-order valence-corrected chi connectivity index (χ3v) is 2.49. The van der Waals surface area contributed by atoms with E-state index in [-0.39, 0.29) is 6.10 Å². The van der Waals surface area contributed by atoms with Crippen LogP contribution in [-0.4, -0.2) is 0 Å². The number of benzene rings is 2. The minimum atomic E-state index is -0.193. The number of ether oxygens (including phenoxy) is 1. The molecule has 15 heavy (non-hydrogen) atoms. The number of hydrogen-bond acceptors (Lipinski definition) is 2. The van der Waals surface area contributed by atoms with Crippen LogP contribution in [0, 0.1) is 11.5 Å². The van der Waals surface area contributed by atoms with Crippen molar-refractivity contribution in [3.63, 3.8) is 0 Å². The molecule has 74 valence electrons. The number of nitrogens with zero attached hydrogens (tertiary/aromatic N) is 1. The lowest BCUT2D eigenvalue weighted by Gasteiger charge is -2.11. The second-order valence-electron chi connectivity index (χ2n) is 3.42. The largest absolute Gasteiger partial charge is 0.420 e. The highest BCUT2D eigenvalue weighted by molar-refractivity contribution is 5.85. The molecule has 2 heteroatoms. The molecule has 0 aliphatic rings. The van der Waals surface area contributed by atoms with Crippen molar-refractivity contribution in [1.82, 2.24) is 0 Å². The Hall–Kier alpha value is -2.01. The lowest BCUT2D eigenvalue weighted by atomic mass is 10.0. The molecule has 0 N–H and O–H groups in total. The predicted molar refractivity (Wildman–Crippen MR) is 59.1 cm³/mol. The van der Waals surface area contributed by atoms with E-state index in [1.165, 1.54) is 5.39 Å². The fraction of sp³-hybridized carbons (Fsp3) is 0.154. The molecular weight excluding hydrogens is 186 g/mol. The zero-order valence-corrected chi connectivity index (χ0v) is 8.47. The Labute approximate surface area is 88.7 Å². The molecule has 0 aromatic heterocycles. The van der Waals surface area contributed by atoms with Crippen LogP contribution in [0.4, 0.5) is 0 Å². The van der Waals surface area contributed by atoms with Crippen LogP contribution in [0.2, 0.25) is 0 Å². The summed E-state index contributed by atoms with van der Waals surface area (Å²) in [6.07, 6.45) is 1.54. The summed E-state index contributed by atoms with van der Waals surface area (Å²) in [5.41, 5.74) is 1.05. The minimum Gasteiger partial charge on any atom is -0.420 e. The van der Waals surface area contributed by atoms with Gasteiger partial charge in [0.1, 0.15) is 6.10 Å². The van der Waals surface area contributed by atoms with Crippen LogP contribution >= 0.6 is 0 Å². The molecule has 2 aromatic carbocycles. The van der Waals surface area contributed by atoms with Crippen LogP contribution in [0.3, 0.4) is 0 Å². The van der Waals surface area contributed by atoms with Gasteiger partial charge in [-0.1, -0.05) is 42.5 Å². The predicted octanol–water partition coefficient (Wildman–Crippen LogP) is 3.40. The van der Waals surface area contributed by atoms with Crippen molar-refractivity contribution in [2.24, 2.45) is 0 Å².